The van der Waals surface area contributed by atoms with Gasteiger partial charge in [-0.15, -0.1) is 0 Å². The molecule has 1 N–H and O–H groups in total. The second kappa shape index (κ2) is 8.87. The predicted molar refractivity (Wildman–Crippen MR) is 114 cm³/mol. The molecule has 0 unspecified atom stereocenters. The second-order valence-electron chi connectivity index (χ2n) is 7.27. The molecular weight excluding hydrogens is 368 g/mol. The summed E-state index contributed by atoms with van der Waals surface area (Å²) in [6.45, 7) is 3.08. The van der Waals surface area contributed by atoms with Crippen molar-refractivity contribution in [1.29, 1.82) is 0 Å². The molecule has 3 aromatic rings. The summed E-state index contributed by atoms with van der Waals surface area (Å²) in [5.41, 5.74) is 1.85. The van der Waals surface area contributed by atoms with E-state index in [9.17, 15) is 14.4 Å². The highest BCUT2D eigenvalue weighted by Gasteiger charge is 2.14. The molecule has 0 aliphatic rings. The number of benzene rings is 2. The van der Waals surface area contributed by atoms with Gasteiger partial charge in [-0.2, -0.15) is 0 Å². The van der Waals surface area contributed by atoms with E-state index in [-0.39, 0.29) is 24.6 Å². The van der Waals surface area contributed by atoms with Crippen LogP contribution in [0.2, 0.25) is 0 Å². The molecule has 3 rings (SSSR count). The lowest BCUT2D eigenvalue weighted by molar-refractivity contribution is -0.121. The van der Waals surface area contributed by atoms with E-state index in [0.29, 0.717) is 17.4 Å². The van der Waals surface area contributed by atoms with Crippen molar-refractivity contribution in [2.24, 2.45) is 0 Å². The van der Waals surface area contributed by atoms with Crippen molar-refractivity contribution >= 4 is 16.8 Å². The summed E-state index contributed by atoms with van der Waals surface area (Å²) in [7, 11) is 4.03. The van der Waals surface area contributed by atoms with E-state index >= 15 is 0 Å². The van der Waals surface area contributed by atoms with Crippen molar-refractivity contribution in [2.45, 2.75) is 33.1 Å². The number of para-hydroxylation sites is 1. The lowest BCUT2D eigenvalue weighted by Gasteiger charge is -2.13. The van der Waals surface area contributed by atoms with Gasteiger partial charge in [-0.1, -0.05) is 36.4 Å². The molecule has 0 atom stereocenters. The molecule has 29 heavy (non-hydrogen) atoms. The van der Waals surface area contributed by atoms with E-state index in [2.05, 4.69) is 10.2 Å². The minimum absolute atomic E-state index is 0.141. The van der Waals surface area contributed by atoms with Crippen LogP contribution in [-0.2, 0) is 31.0 Å². The van der Waals surface area contributed by atoms with Crippen LogP contribution in [0, 0.1) is 0 Å². The van der Waals surface area contributed by atoms with Crippen LogP contribution in [0.4, 0.5) is 0 Å². The normalized spacial score (nSPS) is 11.2. The Morgan fingerprint density at radius 1 is 0.966 bits per heavy atom. The zero-order valence-electron chi connectivity index (χ0n) is 17.0. The van der Waals surface area contributed by atoms with Crippen molar-refractivity contribution < 1.29 is 4.79 Å². The highest BCUT2D eigenvalue weighted by molar-refractivity contribution is 5.81. The zero-order chi connectivity index (χ0) is 21.0. The van der Waals surface area contributed by atoms with E-state index in [1.807, 2.05) is 38.4 Å². The Hall–Kier alpha value is -3.19. The molecule has 1 heterocycles. The third-order valence-corrected chi connectivity index (χ3v) is 4.76. The number of amides is 1. The van der Waals surface area contributed by atoms with Crippen molar-refractivity contribution in [1.82, 2.24) is 19.4 Å². The number of hydrogen-bond acceptors (Lipinski definition) is 4. The van der Waals surface area contributed by atoms with Gasteiger partial charge in [-0.25, -0.2) is 4.79 Å². The summed E-state index contributed by atoms with van der Waals surface area (Å²) >= 11 is 0. The van der Waals surface area contributed by atoms with Gasteiger partial charge in [0, 0.05) is 19.6 Å². The quantitative estimate of drug-likeness (QED) is 0.660. The Kier molecular flexibility index (Phi) is 6.29. The number of nitrogens with one attached hydrogen (secondary N) is 1. The molecule has 0 radical (unpaired) electrons. The number of aromatic nitrogens is 2. The van der Waals surface area contributed by atoms with Crippen molar-refractivity contribution in [2.75, 3.05) is 14.1 Å². The van der Waals surface area contributed by atoms with Crippen LogP contribution in [-0.4, -0.2) is 34.0 Å². The van der Waals surface area contributed by atoms with E-state index in [0.717, 1.165) is 16.7 Å². The summed E-state index contributed by atoms with van der Waals surface area (Å²) in [5, 5.41) is 3.28. The summed E-state index contributed by atoms with van der Waals surface area (Å²) in [4.78, 5) is 39.8. The van der Waals surface area contributed by atoms with Gasteiger partial charge in [-0.3, -0.25) is 18.7 Å². The molecule has 0 bridgehead atoms. The van der Waals surface area contributed by atoms with Crippen molar-refractivity contribution in [3.63, 3.8) is 0 Å². The molecule has 0 fully saturated rings. The van der Waals surface area contributed by atoms with Gasteiger partial charge < -0.3 is 10.2 Å². The minimum Gasteiger partial charge on any atom is -0.350 e. The van der Waals surface area contributed by atoms with Gasteiger partial charge in [0.05, 0.1) is 10.9 Å². The first-order valence-corrected chi connectivity index (χ1v) is 9.62. The molecule has 7 nitrogen and oxygen atoms in total. The van der Waals surface area contributed by atoms with E-state index in [1.54, 1.807) is 31.2 Å². The maximum absolute atomic E-state index is 12.7. The summed E-state index contributed by atoms with van der Waals surface area (Å²) in [6, 6.07) is 14.9. The SMILES string of the molecule is CCn1c(=O)c2ccccc2n(CC(=O)NCc2ccc(CN(C)C)cc2)c1=O. The Balaban J connectivity index is 1.77. The number of hydrogen-bond donors (Lipinski definition) is 1. The molecule has 0 spiro atoms. The molecule has 0 aliphatic heterocycles. The lowest BCUT2D eigenvalue weighted by atomic mass is 10.1. The molecule has 2 aromatic carbocycles. The first kappa shape index (κ1) is 20.5. The van der Waals surface area contributed by atoms with Gasteiger partial charge >= 0.3 is 5.69 Å². The Morgan fingerprint density at radius 2 is 1.62 bits per heavy atom. The summed E-state index contributed by atoms with van der Waals surface area (Å²) in [5.74, 6) is -0.282. The van der Waals surface area contributed by atoms with Crippen LogP contribution >= 0.6 is 0 Å². The van der Waals surface area contributed by atoms with Crippen LogP contribution in [0.15, 0.2) is 58.1 Å². The molecular formula is C22H26N4O3. The van der Waals surface area contributed by atoms with Crippen molar-refractivity contribution in [3.05, 3.63) is 80.5 Å². The number of nitrogens with zero attached hydrogens (tertiary/aromatic N) is 3. The first-order valence-electron chi connectivity index (χ1n) is 9.62. The Bertz CT molecular complexity index is 1130. The van der Waals surface area contributed by atoms with E-state index < -0.39 is 5.69 Å². The van der Waals surface area contributed by atoms with E-state index in [4.69, 9.17) is 0 Å². The molecule has 0 saturated carbocycles. The maximum Gasteiger partial charge on any atom is 0.331 e. The van der Waals surface area contributed by atoms with Gasteiger partial charge in [-0.05, 0) is 44.3 Å². The fourth-order valence-electron chi connectivity index (χ4n) is 3.33. The Labute approximate surface area is 169 Å². The topological polar surface area (TPSA) is 76.3 Å². The largest absolute Gasteiger partial charge is 0.350 e. The lowest BCUT2D eigenvalue weighted by Crippen LogP contribution is -2.42. The molecule has 7 heteroatoms. The predicted octanol–water partition coefficient (Wildman–Crippen LogP) is 1.56. The van der Waals surface area contributed by atoms with Crippen LogP contribution in [0.3, 0.4) is 0 Å². The van der Waals surface area contributed by atoms with E-state index in [1.165, 1.54) is 10.1 Å². The number of rotatable bonds is 7. The van der Waals surface area contributed by atoms with Gasteiger partial charge in [0.25, 0.3) is 5.56 Å². The molecule has 1 aromatic heterocycles. The summed E-state index contributed by atoms with van der Waals surface area (Å²) < 4.78 is 2.51. The fraction of sp³-hybridized carbons (Fsp3) is 0.318. The van der Waals surface area contributed by atoms with Crippen LogP contribution in [0.5, 0.6) is 0 Å². The molecule has 152 valence electrons. The maximum atomic E-state index is 12.7. The third-order valence-electron chi connectivity index (χ3n) is 4.76. The number of carbonyl (C=O) groups is 1. The Morgan fingerprint density at radius 3 is 2.28 bits per heavy atom. The fourth-order valence-corrected chi connectivity index (χ4v) is 3.33. The molecule has 0 saturated heterocycles. The highest BCUT2D eigenvalue weighted by atomic mass is 16.2. The van der Waals surface area contributed by atoms with Crippen LogP contribution < -0.4 is 16.6 Å². The van der Waals surface area contributed by atoms with Gasteiger partial charge in [0.15, 0.2) is 0 Å². The third kappa shape index (κ3) is 4.63. The average molecular weight is 394 g/mol. The van der Waals surface area contributed by atoms with Crippen LogP contribution in [0.25, 0.3) is 10.9 Å². The molecule has 1 amide bonds. The van der Waals surface area contributed by atoms with Gasteiger partial charge in [0.2, 0.25) is 5.91 Å². The minimum atomic E-state index is -0.473. The standard InChI is InChI=1S/C22H26N4O3/c1-4-25-21(28)18-7-5-6-8-19(18)26(22(25)29)15-20(27)23-13-16-9-11-17(12-10-16)14-24(2)3/h5-12H,4,13-15H2,1-3H3,(H,23,27). The summed E-state index contributed by atoms with van der Waals surface area (Å²) in [6.07, 6.45) is 0. The number of carbonyl (C=O) groups excluding carboxylic acids is 1. The monoisotopic (exact) mass is 394 g/mol. The van der Waals surface area contributed by atoms with Crippen LogP contribution in [0.1, 0.15) is 18.1 Å². The average Bonchev–Trinajstić information content (AvgIpc) is 2.70. The zero-order valence-corrected chi connectivity index (χ0v) is 17.0. The smallest absolute Gasteiger partial charge is 0.331 e. The van der Waals surface area contributed by atoms with Crippen molar-refractivity contribution in [3.8, 4) is 0 Å². The second-order valence-corrected chi connectivity index (χ2v) is 7.27. The molecule has 0 aliphatic carbocycles. The highest BCUT2D eigenvalue weighted by Crippen LogP contribution is 2.08. The number of fused-ring (bicyclic) bond motifs is 1. The first-order chi connectivity index (χ1) is 13.9. The van der Waals surface area contributed by atoms with Gasteiger partial charge in [0.1, 0.15) is 6.54 Å².